The van der Waals surface area contributed by atoms with Gasteiger partial charge in [0.15, 0.2) is 0 Å². The summed E-state index contributed by atoms with van der Waals surface area (Å²) in [5.74, 6) is 2.18. The van der Waals surface area contributed by atoms with Crippen molar-refractivity contribution < 1.29 is 9.59 Å². The molecule has 2 rings (SSSR count). The Hall–Kier alpha value is -3.32. The Morgan fingerprint density at radius 1 is 1.08 bits per heavy atom. The molecule has 24 heavy (non-hydrogen) atoms. The second kappa shape index (κ2) is 7.80. The molecule has 0 heterocycles. The Kier molecular flexibility index (Phi) is 5.54. The second-order valence-electron chi connectivity index (χ2n) is 5.30. The number of terminal acetylenes is 1. The van der Waals surface area contributed by atoms with Gasteiger partial charge >= 0.3 is 0 Å². The van der Waals surface area contributed by atoms with Crippen LogP contribution in [-0.2, 0) is 9.59 Å². The molecule has 0 saturated heterocycles. The number of rotatable bonds is 4. The van der Waals surface area contributed by atoms with Crippen molar-refractivity contribution in [3.63, 3.8) is 0 Å². The minimum atomic E-state index is -0.238. The standard InChI is InChI=1S/C20H18N2O2/c1-4-16-6-5-14(2)19(13-16)22-20(24)12-9-17-7-10-18(11-8-17)21-15(3)23/h1,5-13H,2-3H3,(H,21,23)(H,22,24)/b12-9+. The van der Waals surface area contributed by atoms with Crippen molar-refractivity contribution in [2.75, 3.05) is 10.6 Å². The van der Waals surface area contributed by atoms with Gasteiger partial charge in [0.1, 0.15) is 0 Å². The molecule has 0 fully saturated rings. The van der Waals surface area contributed by atoms with Crippen LogP contribution in [0.1, 0.15) is 23.6 Å². The lowest BCUT2D eigenvalue weighted by atomic mass is 10.1. The summed E-state index contributed by atoms with van der Waals surface area (Å²) in [6.45, 7) is 3.36. The predicted molar refractivity (Wildman–Crippen MR) is 97.5 cm³/mol. The molecule has 0 aromatic heterocycles. The Labute approximate surface area is 141 Å². The molecule has 0 saturated carbocycles. The number of amides is 2. The summed E-state index contributed by atoms with van der Waals surface area (Å²) in [6, 6.07) is 12.7. The highest BCUT2D eigenvalue weighted by Gasteiger charge is 2.03. The van der Waals surface area contributed by atoms with Crippen LogP contribution in [0, 0.1) is 19.3 Å². The number of benzene rings is 2. The number of hydrogen-bond acceptors (Lipinski definition) is 2. The zero-order valence-corrected chi connectivity index (χ0v) is 13.6. The van der Waals surface area contributed by atoms with E-state index >= 15 is 0 Å². The van der Waals surface area contributed by atoms with Crippen molar-refractivity contribution in [3.8, 4) is 12.3 Å². The van der Waals surface area contributed by atoms with Gasteiger partial charge in [0, 0.05) is 29.9 Å². The smallest absolute Gasteiger partial charge is 0.248 e. The van der Waals surface area contributed by atoms with E-state index in [4.69, 9.17) is 6.42 Å². The first-order chi connectivity index (χ1) is 11.5. The van der Waals surface area contributed by atoms with Gasteiger partial charge in [0.2, 0.25) is 11.8 Å². The lowest BCUT2D eigenvalue weighted by Gasteiger charge is -2.07. The summed E-state index contributed by atoms with van der Waals surface area (Å²) in [5, 5.41) is 5.50. The number of aryl methyl sites for hydroxylation is 1. The number of hydrogen-bond donors (Lipinski definition) is 2. The summed E-state index contributed by atoms with van der Waals surface area (Å²) in [6.07, 6.45) is 8.53. The van der Waals surface area contributed by atoms with E-state index in [0.717, 1.165) is 11.1 Å². The molecule has 2 N–H and O–H groups in total. The Morgan fingerprint density at radius 2 is 1.79 bits per heavy atom. The molecule has 0 aliphatic heterocycles. The van der Waals surface area contributed by atoms with Crippen molar-refractivity contribution in [2.24, 2.45) is 0 Å². The summed E-state index contributed by atoms with van der Waals surface area (Å²) in [7, 11) is 0. The number of nitrogens with one attached hydrogen (secondary N) is 2. The van der Waals surface area contributed by atoms with Gasteiger partial charge in [-0.2, -0.15) is 0 Å². The van der Waals surface area contributed by atoms with Crippen LogP contribution in [-0.4, -0.2) is 11.8 Å². The first kappa shape index (κ1) is 17.0. The second-order valence-corrected chi connectivity index (χ2v) is 5.30. The van der Waals surface area contributed by atoms with Crippen molar-refractivity contribution >= 4 is 29.3 Å². The average Bonchev–Trinajstić information content (AvgIpc) is 2.56. The first-order valence-corrected chi connectivity index (χ1v) is 7.42. The first-order valence-electron chi connectivity index (χ1n) is 7.42. The normalized spacial score (nSPS) is 10.2. The van der Waals surface area contributed by atoms with Crippen LogP contribution in [0.3, 0.4) is 0 Å². The van der Waals surface area contributed by atoms with E-state index in [-0.39, 0.29) is 11.8 Å². The van der Waals surface area contributed by atoms with E-state index < -0.39 is 0 Å². The minimum absolute atomic E-state index is 0.123. The largest absolute Gasteiger partial charge is 0.326 e. The van der Waals surface area contributed by atoms with Gasteiger partial charge in [-0.25, -0.2) is 0 Å². The quantitative estimate of drug-likeness (QED) is 0.668. The molecule has 0 bridgehead atoms. The van der Waals surface area contributed by atoms with Crippen molar-refractivity contribution in [1.82, 2.24) is 0 Å². The summed E-state index contributed by atoms with van der Waals surface area (Å²) in [4.78, 5) is 23.0. The molecule has 2 aromatic rings. The molecule has 0 radical (unpaired) electrons. The van der Waals surface area contributed by atoms with Gasteiger partial charge in [-0.05, 0) is 48.4 Å². The molecular weight excluding hydrogens is 300 g/mol. The molecule has 4 nitrogen and oxygen atoms in total. The van der Waals surface area contributed by atoms with Crippen molar-refractivity contribution in [1.29, 1.82) is 0 Å². The van der Waals surface area contributed by atoms with Crippen LogP contribution in [0.25, 0.3) is 6.08 Å². The van der Waals surface area contributed by atoms with Gasteiger partial charge in [0.25, 0.3) is 0 Å². The van der Waals surface area contributed by atoms with Crippen LogP contribution in [0.5, 0.6) is 0 Å². The number of carbonyl (C=O) groups is 2. The van der Waals surface area contributed by atoms with E-state index in [1.165, 1.54) is 13.0 Å². The molecule has 0 atom stereocenters. The SMILES string of the molecule is C#Cc1ccc(C)c(NC(=O)/C=C/c2ccc(NC(C)=O)cc2)c1. The van der Waals surface area contributed by atoms with Gasteiger partial charge < -0.3 is 10.6 Å². The van der Waals surface area contributed by atoms with Gasteiger partial charge in [-0.3, -0.25) is 9.59 Å². The molecule has 0 spiro atoms. The van der Waals surface area contributed by atoms with Crippen LogP contribution >= 0.6 is 0 Å². The summed E-state index contributed by atoms with van der Waals surface area (Å²) < 4.78 is 0. The van der Waals surface area contributed by atoms with Gasteiger partial charge in [-0.15, -0.1) is 6.42 Å². The average molecular weight is 318 g/mol. The zero-order valence-electron chi connectivity index (χ0n) is 13.6. The fraction of sp³-hybridized carbons (Fsp3) is 0.100. The van der Waals surface area contributed by atoms with Gasteiger partial charge in [0.05, 0.1) is 0 Å². The fourth-order valence-corrected chi connectivity index (χ4v) is 2.07. The molecule has 0 aliphatic rings. The highest BCUT2D eigenvalue weighted by Crippen LogP contribution is 2.17. The van der Waals surface area contributed by atoms with Gasteiger partial charge in [-0.1, -0.05) is 24.1 Å². The van der Waals surface area contributed by atoms with Crippen molar-refractivity contribution in [2.45, 2.75) is 13.8 Å². The minimum Gasteiger partial charge on any atom is -0.326 e. The molecule has 2 aromatic carbocycles. The fourth-order valence-electron chi connectivity index (χ4n) is 2.07. The Balaban J connectivity index is 2.03. The molecule has 2 amide bonds. The number of anilines is 2. The summed E-state index contributed by atoms with van der Waals surface area (Å²) in [5.41, 5.74) is 3.92. The third-order valence-corrected chi connectivity index (χ3v) is 3.32. The van der Waals surface area contributed by atoms with E-state index in [2.05, 4.69) is 16.6 Å². The third kappa shape index (κ3) is 4.85. The maximum atomic E-state index is 12.0. The topological polar surface area (TPSA) is 58.2 Å². The van der Waals surface area contributed by atoms with Crippen LogP contribution in [0.2, 0.25) is 0 Å². The third-order valence-electron chi connectivity index (χ3n) is 3.32. The lowest BCUT2D eigenvalue weighted by molar-refractivity contribution is -0.114. The number of carbonyl (C=O) groups excluding carboxylic acids is 2. The van der Waals surface area contributed by atoms with Crippen LogP contribution in [0.4, 0.5) is 11.4 Å². The Morgan fingerprint density at radius 3 is 2.42 bits per heavy atom. The predicted octanol–water partition coefficient (Wildman–Crippen LogP) is 3.59. The maximum Gasteiger partial charge on any atom is 0.248 e. The van der Waals surface area contributed by atoms with E-state index in [9.17, 15) is 9.59 Å². The van der Waals surface area contributed by atoms with E-state index in [1.807, 2.05) is 31.2 Å². The Bertz CT molecular complexity index is 828. The highest BCUT2D eigenvalue weighted by atomic mass is 16.2. The zero-order chi connectivity index (χ0) is 17.5. The monoisotopic (exact) mass is 318 g/mol. The maximum absolute atomic E-state index is 12.0. The highest BCUT2D eigenvalue weighted by molar-refractivity contribution is 6.02. The molecule has 120 valence electrons. The summed E-state index contributed by atoms with van der Waals surface area (Å²) >= 11 is 0. The molecule has 0 unspecified atom stereocenters. The molecule has 4 heteroatoms. The van der Waals surface area contributed by atoms with Crippen molar-refractivity contribution in [3.05, 3.63) is 65.2 Å². The molecular formula is C20H18N2O2. The van der Waals surface area contributed by atoms with E-state index in [0.29, 0.717) is 16.9 Å². The van der Waals surface area contributed by atoms with E-state index in [1.54, 1.807) is 24.3 Å². The van der Waals surface area contributed by atoms with Crippen LogP contribution in [0.15, 0.2) is 48.5 Å². The van der Waals surface area contributed by atoms with Crippen LogP contribution < -0.4 is 10.6 Å². The molecule has 0 aliphatic carbocycles. The lowest BCUT2D eigenvalue weighted by Crippen LogP contribution is -2.09.